The minimum absolute atomic E-state index is 0.542. The molecule has 1 N–H and O–H groups in total. The molecule has 2 rings (SSSR count). The third-order valence-electron chi connectivity index (χ3n) is 2.81. The number of nitriles is 1. The van der Waals surface area contributed by atoms with E-state index < -0.39 is 0 Å². The van der Waals surface area contributed by atoms with Gasteiger partial charge in [-0.25, -0.2) is 0 Å². The van der Waals surface area contributed by atoms with E-state index in [2.05, 4.69) is 21.5 Å². The summed E-state index contributed by atoms with van der Waals surface area (Å²) in [5.74, 6) is 1.87. The first-order valence-electron chi connectivity index (χ1n) is 6.30. The van der Waals surface area contributed by atoms with Crippen LogP contribution < -0.4 is 10.1 Å². The third kappa shape index (κ3) is 3.56. The van der Waals surface area contributed by atoms with Gasteiger partial charge in [0.25, 0.3) is 0 Å². The van der Waals surface area contributed by atoms with Crippen molar-refractivity contribution in [3.63, 3.8) is 0 Å². The van der Waals surface area contributed by atoms with Crippen molar-refractivity contribution in [2.24, 2.45) is 0 Å². The van der Waals surface area contributed by atoms with Crippen molar-refractivity contribution in [2.45, 2.75) is 19.9 Å². The number of methoxy groups -OCH3 is 1. The fourth-order valence-electron chi connectivity index (χ4n) is 1.83. The molecule has 0 unspecified atom stereocenters. The number of rotatable bonds is 6. The van der Waals surface area contributed by atoms with Crippen LogP contribution in [0, 0.1) is 18.3 Å². The molecule has 0 bridgehead atoms. The molecular formula is C14H16N4O2. The van der Waals surface area contributed by atoms with E-state index in [1.807, 2.05) is 12.1 Å². The summed E-state index contributed by atoms with van der Waals surface area (Å²) in [5, 5.41) is 16.1. The fourth-order valence-corrected chi connectivity index (χ4v) is 1.83. The van der Waals surface area contributed by atoms with Crippen LogP contribution in [-0.2, 0) is 13.0 Å². The lowest BCUT2D eigenvalue weighted by molar-refractivity contribution is 0.387. The van der Waals surface area contributed by atoms with Gasteiger partial charge in [-0.2, -0.15) is 10.2 Å². The van der Waals surface area contributed by atoms with Crippen molar-refractivity contribution < 1.29 is 9.26 Å². The van der Waals surface area contributed by atoms with Gasteiger partial charge < -0.3 is 14.6 Å². The van der Waals surface area contributed by atoms with Gasteiger partial charge in [-0.15, -0.1) is 0 Å². The maximum Gasteiger partial charge on any atom is 0.223 e. The van der Waals surface area contributed by atoms with E-state index in [0.717, 1.165) is 12.1 Å². The lowest BCUT2D eigenvalue weighted by Gasteiger charge is -2.06. The quantitative estimate of drug-likeness (QED) is 0.804. The fraction of sp³-hybridized carbons (Fsp3) is 0.357. The van der Waals surface area contributed by atoms with E-state index in [4.69, 9.17) is 14.5 Å². The van der Waals surface area contributed by atoms with E-state index in [1.165, 1.54) is 0 Å². The Kier molecular flexibility index (Phi) is 4.69. The van der Waals surface area contributed by atoms with Crippen molar-refractivity contribution in [1.82, 2.24) is 15.5 Å². The van der Waals surface area contributed by atoms with Gasteiger partial charge in [-0.1, -0.05) is 11.2 Å². The number of benzene rings is 1. The van der Waals surface area contributed by atoms with Gasteiger partial charge in [0.1, 0.15) is 11.8 Å². The molecule has 0 saturated heterocycles. The van der Waals surface area contributed by atoms with Gasteiger partial charge in [0.15, 0.2) is 5.82 Å². The maximum atomic E-state index is 9.02. The standard InChI is InChI=1S/C14H16N4O2/c1-10-17-14(18-20-10)5-6-16-9-11-3-4-13(19-2)12(7-11)8-15/h3-4,7,16H,5-6,9H2,1-2H3. The topological polar surface area (TPSA) is 84.0 Å². The van der Waals surface area contributed by atoms with Crippen LogP contribution in [0.4, 0.5) is 0 Å². The van der Waals surface area contributed by atoms with Gasteiger partial charge in [0.05, 0.1) is 12.7 Å². The van der Waals surface area contributed by atoms with E-state index in [0.29, 0.717) is 36.0 Å². The van der Waals surface area contributed by atoms with Crippen LogP contribution in [0.3, 0.4) is 0 Å². The van der Waals surface area contributed by atoms with Crippen LogP contribution >= 0.6 is 0 Å². The van der Waals surface area contributed by atoms with Crippen molar-refractivity contribution in [3.05, 3.63) is 41.0 Å². The normalized spacial score (nSPS) is 10.2. The zero-order valence-corrected chi connectivity index (χ0v) is 11.5. The number of nitrogens with zero attached hydrogens (tertiary/aromatic N) is 3. The van der Waals surface area contributed by atoms with Crippen LogP contribution in [0.1, 0.15) is 22.8 Å². The van der Waals surface area contributed by atoms with E-state index >= 15 is 0 Å². The van der Waals surface area contributed by atoms with Crippen molar-refractivity contribution in [1.29, 1.82) is 5.26 Å². The predicted molar refractivity (Wildman–Crippen MR) is 72.2 cm³/mol. The van der Waals surface area contributed by atoms with Gasteiger partial charge in [-0.05, 0) is 17.7 Å². The molecule has 0 atom stereocenters. The third-order valence-corrected chi connectivity index (χ3v) is 2.81. The van der Waals surface area contributed by atoms with Gasteiger partial charge in [0.2, 0.25) is 5.89 Å². The molecule has 6 nitrogen and oxygen atoms in total. The van der Waals surface area contributed by atoms with Crippen molar-refractivity contribution >= 4 is 0 Å². The molecule has 1 aromatic heterocycles. The Morgan fingerprint density at radius 1 is 1.45 bits per heavy atom. The summed E-state index contributed by atoms with van der Waals surface area (Å²) in [6, 6.07) is 7.68. The van der Waals surface area contributed by atoms with Crippen LogP contribution in [0.15, 0.2) is 22.7 Å². The monoisotopic (exact) mass is 272 g/mol. The first-order chi connectivity index (χ1) is 9.72. The van der Waals surface area contributed by atoms with Crippen LogP contribution in [0.5, 0.6) is 5.75 Å². The highest BCUT2D eigenvalue weighted by atomic mass is 16.5. The van der Waals surface area contributed by atoms with Crippen molar-refractivity contribution in [3.8, 4) is 11.8 Å². The van der Waals surface area contributed by atoms with E-state index in [-0.39, 0.29) is 0 Å². The van der Waals surface area contributed by atoms with Gasteiger partial charge in [-0.3, -0.25) is 0 Å². The zero-order valence-electron chi connectivity index (χ0n) is 11.5. The molecule has 6 heteroatoms. The molecule has 1 heterocycles. The first kappa shape index (κ1) is 14.0. The average molecular weight is 272 g/mol. The van der Waals surface area contributed by atoms with Gasteiger partial charge in [0, 0.05) is 26.4 Å². The number of aryl methyl sites for hydroxylation is 1. The molecule has 0 fully saturated rings. The highest BCUT2D eigenvalue weighted by molar-refractivity contribution is 5.45. The Hall–Kier alpha value is -2.39. The molecule has 2 aromatic rings. The largest absolute Gasteiger partial charge is 0.495 e. The Morgan fingerprint density at radius 3 is 2.95 bits per heavy atom. The van der Waals surface area contributed by atoms with E-state index in [9.17, 15) is 0 Å². The highest BCUT2D eigenvalue weighted by Crippen LogP contribution is 2.18. The van der Waals surface area contributed by atoms with Crippen LogP contribution in [0.2, 0.25) is 0 Å². The molecule has 0 aliphatic rings. The second-order valence-corrected chi connectivity index (χ2v) is 4.30. The number of nitrogens with one attached hydrogen (secondary N) is 1. The molecule has 1 aromatic carbocycles. The maximum absolute atomic E-state index is 9.02. The van der Waals surface area contributed by atoms with Crippen LogP contribution in [-0.4, -0.2) is 23.8 Å². The summed E-state index contributed by atoms with van der Waals surface area (Å²) in [6.45, 7) is 3.19. The molecule has 20 heavy (non-hydrogen) atoms. The van der Waals surface area contributed by atoms with Gasteiger partial charge >= 0.3 is 0 Å². The molecular weight excluding hydrogens is 256 g/mol. The summed E-state index contributed by atoms with van der Waals surface area (Å²) in [4.78, 5) is 4.13. The minimum Gasteiger partial charge on any atom is -0.495 e. The Bertz CT molecular complexity index is 616. The average Bonchev–Trinajstić information content (AvgIpc) is 2.89. The second-order valence-electron chi connectivity index (χ2n) is 4.30. The molecule has 104 valence electrons. The number of ether oxygens (including phenoxy) is 1. The second kappa shape index (κ2) is 6.68. The number of hydrogen-bond donors (Lipinski definition) is 1. The minimum atomic E-state index is 0.542. The Balaban J connectivity index is 1.84. The van der Waals surface area contributed by atoms with Crippen molar-refractivity contribution in [2.75, 3.05) is 13.7 Å². The SMILES string of the molecule is COc1ccc(CNCCc2noc(C)n2)cc1C#N. The molecule has 0 radical (unpaired) electrons. The number of hydrogen-bond acceptors (Lipinski definition) is 6. The summed E-state index contributed by atoms with van der Waals surface area (Å²) in [6.07, 6.45) is 0.707. The summed E-state index contributed by atoms with van der Waals surface area (Å²) in [5.41, 5.74) is 1.58. The molecule has 0 amide bonds. The number of aromatic nitrogens is 2. The predicted octanol–water partition coefficient (Wildman–Crippen LogP) is 1.59. The first-order valence-corrected chi connectivity index (χ1v) is 6.30. The molecule has 0 spiro atoms. The Labute approximate surface area is 117 Å². The Morgan fingerprint density at radius 2 is 2.30 bits per heavy atom. The zero-order chi connectivity index (χ0) is 14.4. The highest BCUT2D eigenvalue weighted by Gasteiger charge is 2.04. The summed E-state index contributed by atoms with van der Waals surface area (Å²) in [7, 11) is 1.56. The van der Waals surface area contributed by atoms with Crippen LogP contribution in [0.25, 0.3) is 0 Å². The lowest BCUT2D eigenvalue weighted by Crippen LogP contribution is -2.17. The summed E-state index contributed by atoms with van der Waals surface area (Å²) < 4.78 is 10.0. The summed E-state index contributed by atoms with van der Waals surface area (Å²) >= 11 is 0. The van der Waals surface area contributed by atoms with E-state index in [1.54, 1.807) is 20.1 Å². The lowest BCUT2D eigenvalue weighted by atomic mass is 10.1. The molecule has 0 aliphatic carbocycles. The smallest absolute Gasteiger partial charge is 0.223 e. The molecule has 0 saturated carbocycles. The molecule has 0 aliphatic heterocycles.